The van der Waals surface area contributed by atoms with E-state index >= 15 is 0 Å². The summed E-state index contributed by atoms with van der Waals surface area (Å²) in [4.78, 5) is 29.5. The molecular formula is C22H21FN4O2. The first-order valence-electron chi connectivity index (χ1n) is 9.70. The van der Waals surface area contributed by atoms with Gasteiger partial charge in [-0.25, -0.2) is 9.37 Å². The van der Waals surface area contributed by atoms with E-state index < -0.39 is 0 Å². The molecule has 0 spiro atoms. The molecule has 3 fully saturated rings. The van der Waals surface area contributed by atoms with Crippen LogP contribution in [0.2, 0.25) is 0 Å². The zero-order valence-electron chi connectivity index (χ0n) is 16.0. The number of benzene rings is 1. The highest BCUT2D eigenvalue weighted by Crippen LogP contribution is 2.70. The number of fused-ring (bicyclic) bond motifs is 1. The highest BCUT2D eigenvalue weighted by molar-refractivity contribution is 5.95. The normalized spacial score (nSPS) is 25.6. The van der Waals surface area contributed by atoms with Crippen molar-refractivity contribution in [3.8, 4) is 0 Å². The van der Waals surface area contributed by atoms with Crippen molar-refractivity contribution in [2.45, 2.75) is 31.7 Å². The molecule has 2 N–H and O–H groups in total. The van der Waals surface area contributed by atoms with Crippen LogP contribution in [-0.4, -0.2) is 26.7 Å². The van der Waals surface area contributed by atoms with E-state index in [1.54, 1.807) is 35.1 Å². The third kappa shape index (κ3) is 2.80. The molecule has 0 aliphatic heterocycles. The van der Waals surface area contributed by atoms with E-state index in [4.69, 9.17) is 0 Å². The van der Waals surface area contributed by atoms with Gasteiger partial charge in [0.1, 0.15) is 11.5 Å². The van der Waals surface area contributed by atoms with Gasteiger partial charge in [-0.1, -0.05) is 13.0 Å². The Bertz CT molecular complexity index is 1100. The molecule has 3 aliphatic rings. The van der Waals surface area contributed by atoms with Crippen LogP contribution in [0, 0.1) is 17.2 Å². The van der Waals surface area contributed by atoms with Gasteiger partial charge < -0.3 is 10.6 Å². The van der Waals surface area contributed by atoms with E-state index in [1.807, 2.05) is 19.1 Å². The minimum absolute atomic E-state index is 0.0700. The molecule has 6 rings (SSSR count). The SMILES string of the molecule is CC(C(=O)Nc1ccc(F)cc1)C12CC(NC(=O)c3cccc4cncn34)(C1)C2. The fourth-order valence-corrected chi connectivity index (χ4v) is 4.96. The van der Waals surface area contributed by atoms with Gasteiger partial charge in [-0.15, -0.1) is 0 Å². The Hall–Kier alpha value is -3.22. The van der Waals surface area contributed by atoms with Crippen molar-refractivity contribution in [3.05, 3.63) is 66.5 Å². The molecule has 6 nitrogen and oxygen atoms in total. The Labute approximate surface area is 167 Å². The fraction of sp³-hybridized carbons (Fsp3) is 0.318. The third-order valence-electron chi connectivity index (χ3n) is 6.55. The van der Waals surface area contributed by atoms with Gasteiger partial charge in [0.2, 0.25) is 5.91 Å². The summed E-state index contributed by atoms with van der Waals surface area (Å²) >= 11 is 0. The maximum absolute atomic E-state index is 13.0. The number of carbonyl (C=O) groups is 2. The lowest BCUT2D eigenvalue weighted by Crippen LogP contribution is -2.77. The smallest absolute Gasteiger partial charge is 0.268 e. The molecule has 0 radical (unpaired) electrons. The van der Waals surface area contributed by atoms with Crippen molar-refractivity contribution >= 4 is 23.0 Å². The number of hydrogen-bond donors (Lipinski definition) is 2. The molecular weight excluding hydrogens is 371 g/mol. The summed E-state index contributed by atoms with van der Waals surface area (Å²) < 4.78 is 14.8. The van der Waals surface area contributed by atoms with Crippen molar-refractivity contribution in [3.63, 3.8) is 0 Å². The second kappa shape index (κ2) is 6.14. The Morgan fingerprint density at radius 1 is 1.14 bits per heavy atom. The number of hydrogen-bond acceptors (Lipinski definition) is 3. The van der Waals surface area contributed by atoms with Gasteiger partial charge in [0.15, 0.2) is 0 Å². The van der Waals surface area contributed by atoms with Crippen LogP contribution >= 0.6 is 0 Å². The average molecular weight is 392 g/mol. The molecule has 1 unspecified atom stereocenters. The summed E-state index contributed by atoms with van der Waals surface area (Å²) in [7, 11) is 0. The van der Waals surface area contributed by atoms with Crippen LogP contribution in [0.4, 0.5) is 10.1 Å². The van der Waals surface area contributed by atoms with Gasteiger partial charge in [-0.2, -0.15) is 0 Å². The highest BCUT2D eigenvalue weighted by atomic mass is 19.1. The summed E-state index contributed by atoms with van der Waals surface area (Å²) in [5.41, 5.74) is 1.73. The van der Waals surface area contributed by atoms with Gasteiger partial charge in [0.25, 0.3) is 5.91 Å². The molecule has 2 aromatic heterocycles. The minimum atomic E-state index is -0.334. The number of halogens is 1. The predicted molar refractivity (Wildman–Crippen MR) is 106 cm³/mol. The maximum Gasteiger partial charge on any atom is 0.268 e. The molecule has 2 amide bonds. The minimum Gasteiger partial charge on any atom is -0.345 e. The second-order valence-electron chi connectivity index (χ2n) is 8.44. The first-order chi connectivity index (χ1) is 13.9. The van der Waals surface area contributed by atoms with Gasteiger partial charge in [-0.3, -0.25) is 14.0 Å². The van der Waals surface area contributed by atoms with E-state index in [1.165, 1.54) is 12.1 Å². The van der Waals surface area contributed by atoms with Gasteiger partial charge in [0, 0.05) is 17.1 Å². The maximum atomic E-state index is 13.0. The summed E-state index contributed by atoms with van der Waals surface area (Å²) in [6.07, 6.45) is 5.74. The van der Waals surface area contributed by atoms with Crippen LogP contribution in [0.3, 0.4) is 0 Å². The fourth-order valence-electron chi connectivity index (χ4n) is 4.96. The zero-order chi connectivity index (χ0) is 20.2. The largest absolute Gasteiger partial charge is 0.345 e. The molecule has 3 aliphatic carbocycles. The molecule has 1 atom stereocenters. The Morgan fingerprint density at radius 2 is 1.86 bits per heavy atom. The number of pyridine rings is 1. The molecule has 3 aromatic rings. The van der Waals surface area contributed by atoms with Crippen molar-refractivity contribution in [2.75, 3.05) is 5.32 Å². The van der Waals surface area contributed by atoms with Crippen LogP contribution in [-0.2, 0) is 4.79 Å². The molecule has 3 saturated carbocycles. The molecule has 148 valence electrons. The lowest BCUT2D eigenvalue weighted by Gasteiger charge is -2.72. The van der Waals surface area contributed by atoms with Crippen LogP contribution in [0.5, 0.6) is 0 Å². The monoisotopic (exact) mass is 392 g/mol. The first kappa shape index (κ1) is 17.8. The number of aromatic nitrogens is 2. The van der Waals surface area contributed by atoms with Crippen molar-refractivity contribution < 1.29 is 14.0 Å². The van der Waals surface area contributed by atoms with Gasteiger partial charge >= 0.3 is 0 Å². The number of nitrogens with one attached hydrogen (secondary N) is 2. The lowest BCUT2D eigenvalue weighted by molar-refractivity contribution is -0.184. The molecule has 1 aromatic carbocycles. The van der Waals surface area contributed by atoms with Gasteiger partial charge in [0.05, 0.1) is 18.0 Å². The van der Waals surface area contributed by atoms with E-state index in [9.17, 15) is 14.0 Å². The number of carbonyl (C=O) groups excluding carboxylic acids is 2. The van der Waals surface area contributed by atoms with E-state index in [0.717, 1.165) is 24.8 Å². The molecule has 2 bridgehead atoms. The average Bonchev–Trinajstić information content (AvgIpc) is 3.13. The molecule has 29 heavy (non-hydrogen) atoms. The summed E-state index contributed by atoms with van der Waals surface area (Å²) in [6.45, 7) is 1.93. The Kier molecular flexibility index (Phi) is 3.78. The van der Waals surface area contributed by atoms with Crippen LogP contribution < -0.4 is 10.6 Å². The summed E-state index contributed by atoms with van der Waals surface area (Å²) in [5, 5.41) is 6.03. The first-order valence-corrected chi connectivity index (χ1v) is 9.70. The van der Waals surface area contributed by atoms with Crippen LogP contribution in [0.15, 0.2) is 55.0 Å². The summed E-state index contributed by atoms with van der Waals surface area (Å²) in [6, 6.07) is 11.3. The number of anilines is 1. The Balaban J connectivity index is 1.22. The number of rotatable bonds is 5. The number of imidazole rings is 1. The summed E-state index contributed by atoms with van der Waals surface area (Å²) in [5.74, 6) is -0.701. The molecule has 7 heteroatoms. The zero-order valence-corrected chi connectivity index (χ0v) is 16.0. The molecule has 0 saturated heterocycles. The lowest BCUT2D eigenvalue weighted by atomic mass is 9.36. The third-order valence-corrected chi connectivity index (χ3v) is 6.55. The van der Waals surface area contributed by atoms with Crippen LogP contribution in [0.1, 0.15) is 36.7 Å². The van der Waals surface area contributed by atoms with E-state index in [0.29, 0.717) is 11.4 Å². The van der Waals surface area contributed by atoms with Crippen molar-refractivity contribution in [1.82, 2.24) is 14.7 Å². The topological polar surface area (TPSA) is 75.5 Å². The quantitative estimate of drug-likeness (QED) is 0.699. The van der Waals surface area contributed by atoms with E-state index in [2.05, 4.69) is 15.6 Å². The number of nitrogens with zero attached hydrogens (tertiary/aromatic N) is 2. The highest BCUT2D eigenvalue weighted by Gasteiger charge is 2.71. The van der Waals surface area contributed by atoms with Crippen molar-refractivity contribution in [2.24, 2.45) is 11.3 Å². The standard InChI is InChI=1S/C22H21FN4O2/c1-14(19(28)25-16-7-5-15(23)6-8-16)21-10-22(11-21,12-21)26-20(29)18-4-2-3-17-9-24-13-27(17)18/h2-9,13-14H,10-12H2,1H3,(H,25,28)(H,26,29). The Morgan fingerprint density at radius 3 is 2.59 bits per heavy atom. The second-order valence-corrected chi connectivity index (χ2v) is 8.44. The van der Waals surface area contributed by atoms with E-state index in [-0.39, 0.29) is 34.5 Å². The predicted octanol–water partition coefficient (Wildman–Crippen LogP) is 3.40. The van der Waals surface area contributed by atoms with Crippen molar-refractivity contribution in [1.29, 1.82) is 0 Å². The van der Waals surface area contributed by atoms with Crippen LogP contribution in [0.25, 0.3) is 5.52 Å². The number of amides is 2. The molecule has 2 heterocycles. The van der Waals surface area contributed by atoms with Gasteiger partial charge in [-0.05, 0) is 61.1 Å².